The molecular weight excluding hydrogens is 244 g/mol. The molecule has 5 heteroatoms. The van der Waals surface area contributed by atoms with Crippen LogP contribution in [0, 0.1) is 11.3 Å². The molecule has 2 aliphatic rings. The minimum atomic E-state index is -0.840. The molecule has 1 saturated heterocycles. The van der Waals surface area contributed by atoms with Crippen LogP contribution in [0.4, 0.5) is 0 Å². The van der Waals surface area contributed by atoms with E-state index < -0.39 is 5.97 Å². The third-order valence-electron chi connectivity index (χ3n) is 4.30. The molecule has 2 atom stereocenters. The van der Waals surface area contributed by atoms with Crippen molar-refractivity contribution in [1.82, 2.24) is 10.6 Å². The molecule has 1 saturated carbocycles. The van der Waals surface area contributed by atoms with Crippen LogP contribution in [0.15, 0.2) is 0 Å². The van der Waals surface area contributed by atoms with Gasteiger partial charge in [0.25, 0.3) is 0 Å². The summed E-state index contributed by atoms with van der Waals surface area (Å²) in [6.07, 6.45) is 4.19. The highest BCUT2D eigenvalue weighted by Gasteiger charge is 2.40. The van der Waals surface area contributed by atoms with E-state index in [0.717, 1.165) is 32.2 Å². The van der Waals surface area contributed by atoms with E-state index >= 15 is 0 Å². The van der Waals surface area contributed by atoms with Gasteiger partial charge in [-0.1, -0.05) is 13.8 Å². The molecule has 1 heterocycles. The lowest BCUT2D eigenvalue weighted by Gasteiger charge is -2.39. The number of hydrogen-bond donors (Lipinski definition) is 3. The van der Waals surface area contributed by atoms with Gasteiger partial charge in [0.1, 0.15) is 0 Å². The fraction of sp³-hybridized carbons (Fsp3) is 0.857. The monoisotopic (exact) mass is 268 g/mol. The molecule has 1 amide bonds. The quantitative estimate of drug-likeness (QED) is 0.698. The first-order valence-electron chi connectivity index (χ1n) is 7.16. The molecule has 2 fully saturated rings. The molecule has 0 radical (unpaired) electrons. The first-order chi connectivity index (χ1) is 8.90. The Morgan fingerprint density at radius 3 is 2.63 bits per heavy atom. The summed E-state index contributed by atoms with van der Waals surface area (Å²) in [5.74, 6) is -0.525. The maximum atomic E-state index is 12.4. The van der Waals surface area contributed by atoms with Crippen LogP contribution in [-0.2, 0) is 9.59 Å². The lowest BCUT2D eigenvalue weighted by molar-refractivity contribution is -0.138. The van der Waals surface area contributed by atoms with Crippen molar-refractivity contribution >= 4 is 11.9 Å². The first kappa shape index (κ1) is 14.3. The van der Waals surface area contributed by atoms with Crippen molar-refractivity contribution in [2.24, 2.45) is 11.3 Å². The molecule has 0 aromatic heterocycles. The zero-order valence-electron chi connectivity index (χ0n) is 11.7. The Bertz CT molecular complexity index is 364. The number of hydrogen-bond acceptors (Lipinski definition) is 3. The van der Waals surface area contributed by atoms with Crippen LogP contribution in [-0.4, -0.2) is 35.6 Å². The zero-order valence-corrected chi connectivity index (χ0v) is 11.7. The number of nitrogens with one attached hydrogen (secondary N) is 2. The van der Waals surface area contributed by atoms with E-state index in [4.69, 9.17) is 5.11 Å². The largest absolute Gasteiger partial charge is 0.481 e. The Hall–Kier alpha value is -1.10. The van der Waals surface area contributed by atoms with Gasteiger partial charge in [-0.2, -0.15) is 0 Å². The third-order valence-corrected chi connectivity index (χ3v) is 4.30. The van der Waals surface area contributed by atoms with Gasteiger partial charge in [-0.05, 0) is 43.6 Å². The van der Waals surface area contributed by atoms with Crippen molar-refractivity contribution < 1.29 is 14.7 Å². The highest BCUT2D eigenvalue weighted by Crippen LogP contribution is 2.35. The van der Waals surface area contributed by atoms with E-state index in [-0.39, 0.29) is 29.8 Å². The number of carbonyl (C=O) groups excluding carboxylic acids is 1. The minimum absolute atomic E-state index is 0.0313. The normalized spacial score (nSPS) is 27.6. The summed E-state index contributed by atoms with van der Waals surface area (Å²) in [7, 11) is 0. The average Bonchev–Trinajstić information content (AvgIpc) is 3.10. The SMILES string of the molecule is CC1(C)CCCNC1C(=O)NC(CC(=O)O)C1CC1. The van der Waals surface area contributed by atoms with Gasteiger partial charge in [-0.25, -0.2) is 0 Å². The van der Waals surface area contributed by atoms with Crippen LogP contribution in [0.2, 0.25) is 0 Å². The summed E-state index contributed by atoms with van der Waals surface area (Å²) in [5.41, 5.74) is -0.0698. The molecule has 2 unspecified atom stereocenters. The molecule has 1 aliphatic carbocycles. The van der Waals surface area contributed by atoms with Gasteiger partial charge in [-0.15, -0.1) is 0 Å². The van der Waals surface area contributed by atoms with Gasteiger partial charge < -0.3 is 15.7 Å². The number of rotatable bonds is 5. The lowest BCUT2D eigenvalue weighted by Crippen LogP contribution is -2.57. The fourth-order valence-electron chi connectivity index (χ4n) is 2.95. The Balaban J connectivity index is 1.96. The van der Waals surface area contributed by atoms with E-state index in [1.807, 2.05) is 0 Å². The molecule has 19 heavy (non-hydrogen) atoms. The Labute approximate surface area is 114 Å². The molecule has 108 valence electrons. The van der Waals surface area contributed by atoms with Gasteiger partial charge in [0.15, 0.2) is 0 Å². The van der Waals surface area contributed by atoms with E-state index in [9.17, 15) is 9.59 Å². The van der Waals surface area contributed by atoms with Crippen LogP contribution < -0.4 is 10.6 Å². The summed E-state index contributed by atoms with van der Waals surface area (Å²) in [6.45, 7) is 5.04. The number of piperidine rings is 1. The zero-order chi connectivity index (χ0) is 14.0. The molecule has 0 spiro atoms. The minimum Gasteiger partial charge on any atom is -0.481 e. The predicted octanol–water partition coefficient (Wildman–Crippen LogP) is 1.13. The van der Waals surface area contributed by atoms with Gasteiger partial charge >= 0.3 is 5.97 Å². The van der Waals surface area contributed by atoms with Crippen molar-refractivity contribution in [2.45, 2.75) is 58.0 Å². The molecular formula is C14H24N2O3. The second-order valence-electron chi connectivity index (χ2n) is 6.53. The number of carboxylic acid groups (broad SMARTS) is 1. The Morgan fingerprint density at radius 2 is 2.11 bits per heavy atom. The summed E-state index contributed by atoms with van der Waals surface area (Å²) in [4.78, 5) is 23.2. The number of aliphatic carboxylic acids is 1. The third kappa shape index (κ3) is 3.69. The van der Waals surface area contributed by atoms with E-state index in [0.29, 0.717) is 5.92 Å². The Morgan fingerprint density at radius 1 is 1.42 bits per heavy atom. The number of carboxylic acids is 1. The van der Waals surface area contributed by atoms with Crippen LogP contribution in [0.25, 0.3) is 0 Å². The second-order valence-corrected chi connectivity index (χ2v) is 6.53. The summed E-state index contributed by atoms with van der Waals surface area (Å²) in [5, 5.41) is 15.1. The standard InChI is InChI=1S/C14H24N2O3/c1-14(2)6-3-7-15-12(14)13(19)16-10(8-11(17)18)9-4-5-9/h9-10,12,15H,3-8H2,1-2H3,(H,16,19)(H,17,18). The summed E-state index contributed by atoms with van der Waals surface area (Å²) >= 11 is 0. The average molecular weight is 268 g/mol. The molecule has 2 rings (SSSR count). The topological polar surface area (TPSA) is 78.4 Å². The maximum absolute atomic E-state index is 12.4. The molecule has 0 aromatic carbocycles. The van der Waals surface area contributed by atoms with Crippen molar-refractivity contribution in [1.29, 1.82) is 0 Å². The number of amides is 1. The predicted molar refractivity (Wildman–Crippen MR) is 71.7 cm³/mol. The van der Waals surface area contributed by atoms with Crippen molar-refractivity contribution in [3.8, 4) is 0 Å². The van der Waals surface area contributed by atoms with E-state index in [2.05, 4.69) is 24.5 Å². The number of carbonyl (C=O) groups is 2. The van der Waals surface area contributed by atoms with Gasteiger partial charge in [0.05, 0.1) is 12.5 Å². The van der Waals surface area contributed by atoms with Crippen molar-refractivity contribution in [3.05, 3.63) is 0 Å². The molecule has 0 aromatic rings. The van der Waals surface area contributed by atoms with Crippen molar-refractivity contribution in [3.63, 3.8) is 0 Å². The highest BCUT2D eigenvalue weighted by atomic mass is 16.4. The summed E-state index contributed by atoms with van der Waals surface area (Å²) in [6, 6.07) is -0.416. The van der Waals surface area contributed by atoms with E-state index in [1.54, 1.807) is 0 Å². The smallest absolute Gasteiger partial charge is 0.305 e. The summed E-state index contributed by atoms with van der Waals surface area (Å²) < 4.78 is 0. The second kappa shape index (κ2) is 5.49. The highest BCUT2D eigenvalue weighted by molar-refractivity contribution is 5.83. The first-order valence-corrected chi connectivity index (χ1v) is 7.16. The molecule has 5 nitrogen and oxygen atoms in total. The van der Waals surface area contributed by atoms with Crippen molar-refractivity contribution in [2.75, 3.05) is 6.54 Å². The van der Waals surface area contributed by atoms with Gasteiger partial charge in [0, 0.05) is 6.04 Å². The van der Waals surface area contributed by atoms with Crippen LogP contribution in [0.3, 0.4) is 0 Å². The van der Waals surface area contributed by atoms with Crippen LogP contribution in [0.1, 0.15) is 46.0 Å². The molecule has 3 N–H and O–H groups in total. The molecule has 0 bridgehead atoms. The maximum Gasteiger partial charge on any atom is 0.305 e. The van der Waals surface area contributed by atoms with Crippen LogP contribution >= 0.6 is 0 Å². The van der Waals surface area contributed by atoms with Crippen LogP contribution in [0.5, 0.6) is 0 Å². The Kier molecular flexibility index (Phi) is 4.13. The lowest BCUT2D eigenvalue weighted by atomic mass is 9.77. The fourth-order valence-corrected chi connectivity index (χ4v) is 2.95. The van der Waals surface area contributed by atoms with Gasteiger partial charge in [-0.3, -0.25) is 9.59 Å². The van der Waals surface area contributed by atoms with Gasteiger partial charge in [0.2, 0.25) is 5.91 Å². The van der Waals surface area contributed by atoms with E-state index in [1.165, 1.54) is 0 Å². The molecule has 1 aliphatic heterocycles.